The maximum Gasteiger partial charge on any atom is 0.355 e. The van der Waals surface area contributed by atoms with Crippen molar-refractivity contribution >= 4 is 11.9 Å². The lowest BCUT2D eigenvalue weighted by molar-refractivity contribution is 0.0533. The number of aryl methyl sites for hydroxylation is 1. The summed E-state index contributed by atoms with van der Waals surface area (Å²) in [5.74, 6) is -0.978. The molecule has 5 heteroatoms. The number of H-pyrrole nitrogens is 1. The number of rotatable bonds is 4. The minimum Gasteiger partial charge on any atom is -0.465 e. The van der Waals surface area contributed by atoms with Crippen molar-refractivity contribution in [2.75, 3.05) is 13.7 Å². The average Bonchev–Trinajstić information content (AvgIpc) is 2.61. The first-order valence-corrected chi connectivity index (χ1v) is 5.47. The van der Waals surface area contributed by atoms with Gasteiger partial charge in [0.05, 0.1) is 12.7 Å². The molecule has 0 spiro atoms. The number of hydrogen-bond donors (Lipinski definition) is 1. The lowest BCUT2D eigenvalue weighted by atomic mass is 10.1. The van der Waals surface area contributed by atoms with E-state index in [-0.39, 0.29) is 12.3 Å². The summed E-state index contributed by atoms with van der Waals surface area (Å²) in [7, 11) is 1.30. The van der Waals surface area contributed by atoms with E-state index in [4.69, 9.17) is 4.74 Å². The fourth-order valence-electron chi connectivity index (χ4n) is 1.62. The number of aromatic amines is 1. The predicted molar refractivity (Wildman–Crippen MR) is 66.7 cm³/mol. The van der Waals surface area contributed by atoms with Crippen LogP contribution in [0, 0.1) is 13.8 Å². The van der Waals surface area contributed by atoms with Crippen LogP contribution in [0.4, 0.5) is 0 Å². The fraction of sp³-hybridized carbons (Fsp3) is 0.385. The van der Waals surface area contributed by atoms with Crippen LogP contribution < -0.4 is 0 Å². The van der Waals surface area contributed by atoms with Crippen LogP contribution in [0.3, 0.4) is 0 Å². The Morgan fingerprint density at radius 3 is 2.39 bits per heavy atom. The van der Waals surface area contributed by atoms with Gasteiger partial charge in [0, 0.05) is 5.69 Å². The van der Waals surface area contributed by atoms with Crippen molar-refractivity contribution in [1.82, 2.24) is 4.98 Å². The Bertz CT molecular complexity index is 499. The standard InChI is InChI=1S/C13H17NO4/c1-7(2)6-18-13(16)11-8(3)10(9(4)14-11)12(15)17-5/h14H,1,6H2,2-5H3. The fourth-order valence-corrected chi connectivity index (χ4v) is 1.62. The summed E-state index contributed by atoms with van der Waals surface area (Å²) in [6, 6.07) is 0. The Morgan fingerprint density at radius 1 is 1.28 bits per heavy atom. The molecule has 5 nitrogen and oxygen atoms in total. The number of hydrogen-bond acceptors (Lipinski definition) is 4. The number of nitrogens with one attached hydrogen (secondary N) is 1. The van der Waals surface area contributed by atoms with Gasteiger partial charge >= 0.3 is 11.9 Å². The summed E-state index contributed by atoms with van der Waals surface area (Å²) in [5.41, 5.74) is 2.51. The molecule has 0 aliphatic rings. The van der Waals surface area contributed by atoms with Crippen molar-refractivity contribution in [2.24, 2.45) is 0 Å². The number of carbonyl (C=O) groups excluding carboxylic acids is 2. The minimum absolute atomic E-state index is 0.157. The molecule has 0 aliphatic carbocycles. The molecule has 18 heavy (non-hydrogen) atoms. The van der Waals surface area contributed by atoms with E-state index in [0.717, 1.165) is 5.57 Å². The summed E-state index contributed by atoms with van der Waals surface area (Å²) in [6.45, 7) is 8.94. The monoisotopic (exact) mass is 251 g/mol. The number of aromatic nitrogens is 1. The van der Waals surface area contributed by atoms with Crippen LogP contribution in [0.1, 0.15) is 39.0 Å². The molecule has 1 aromatic heterocycles. The number of carbonyl (C=O) groups is 2. The lowest BCUT2D eigenvalue weighted by Gasteiger charge is -2.03. The highest BCUT2D eigenvalue weighted by Gasteiger charge is 2.23. The molecule has 98 valence electrons. The molecule has 0 saturated heterocycles. The van der Waals surface area contributed by atoms with Crippen molar-refractivity contribution in [3.63, 3.8) is 0 Å². The summed E-state index contributed by atoms with van der Waals surface area (Å²) < 4.78 is 9.69. The molecule has 0 aliphatic heterocycles. The van der Waals surface area contributed by atoms with E-state index < -0.39 is 11.9 Å². The van der Waals surface area contributed by atoms with Gasteiger partial charge in [-0.25, -0.2) is 9.59 Å². The van der Waals surface area contributed by atoms with Crippen LogP contribution in [0.5, 0.6) is 0 Å². The summed E-state index contributed by atoms with van der Waals surface area (Å²) >= 11 is 0. The Balaban J connectivity index is 3.01. The molecule has 1 rings (SSSR count). The van der Waals surface area contributed by atoms with Crippen LogP contribution in [0.25, 0.3) is 0 Å². The highest BCUT2D eigenvalue weighted by atomic mass is 16.5. The van der Waals surface area contributed by atoms with Crippen molar-refractivity contribution in [1.29, 1.82) is 0 Å². The van der Waals surface area contributed by atoms with Gasteiger partial charge in [-0.05, 0) is 31.9 Å². The van der Waals surface area contributed by atoms with Gasteiger partial charge in [0.1, 0.15) is 12.3 Å². The quantitative estimate of drug-likeness (QED) is 0.657. The molecule has 0 fully saturated rings. The number of ether oxygens (including phenoxy) is 2. The van der Waals surface area contributed by atoms with Gasteiger partial charge in [-0.1, -0.05) is 6.58 Å². The summed E-state index contributed by atoms with van der Waals surface area (Å²) in [4.78, 5) is 26.2. The highest BCUT2D eigenvalue weighted by molar-refractivity contribution is 5.98. The third-order valence-corrected chi connectivity index (χ3v) is 2.48. The SMILES string of the molecule is C=C(C)COC(=O)c1[nH]c(C)c(C(=O)OC)c1C. The van der Waals surface area contributed by atoms with E-state index in [1.807, 2.05) is 0 Å². The van der Waals surface area contributed by atoms with Gasteiger partial charge in [-0.2, -0.15) is 0 Å². The molecular formula is C13H17NO4. The lowest BCUT2D eigenvalue weighted by Crippen LogP contribution is -2.09. The van der Waals surface area contributed by atoms with Crippen LogP contribution in [0.2, 0.25) is 0 Å². The highest BCUT2D eigenvalue weighted by Crippen LogP contribution is 2.19. The zero-order valence-electron chi connectivity index (χ0n) is 11.0. The Labute approximate surface area is 106 Å². The molecule has 0 unspecified atom stereocenters. The van der Waals surface area contributed by atoms with E-state index >= 15 is 0 Å². The minimum atomic E-state index is -0.506. The second-order valence-electron chi connectivity index (χ2n) is 4.15. The molecule has 0 bridgehead atoms. The molecule has 0 radical (unpaired) electrons. The van der Waals surface area contributed by atoms with Crippen molar-refractivity contribution in [3.05, 3.63) is 34.7 Å². The Hall–Kier alpha value is -2.04. The molecule has 1 aromatic rings. The molecule has 0 aromatic carbocycles. The van der Waals surface area contributed by atoms with Gasteiger partial charge < -0.3 is 14.5 Å². The first kappa shape index (κ1) is 14.0. The molecule has 0 amide bonds. The number of methoxy groups -OCH3 is 1. The zero-order valence-corrected chi connectivity index (χ0v) is 11.0. The summed E-state index contributed by atoms with van der Waals surface area (Å²) in [6.07, 6.45) is 0. The van der Waals surface area contributed by atoms with Crippen LogP contribution in [-0.4, -0.2) is 30.6 Å². The molecule has 1 heterocycles. The second kappa shape index (κ2) is 5.53. The second-order valence-corrected chi connectivity index (χ2v) is 4.15. The van der Waals surface area contributed by atoms with Gasteiger partial charge in [0.15, 0.2) is 0 Å². The van der Waals surface area contributed by atoms with Crippen molar-refractivity contribution in [3.8, 4) is 0 Å². The van der Waals surface area contributed by atoms with Crippen LogP contribution in [0.15, 0.2) is 12.2 Å². The first-order valence-electron chi connectivity index (χ1n) is 5.47. The predicted octanol–water partition coefficient (Wildman–Crippen LogP) is 2.15. The maximum absolute atomic E-state index is 11.8. The van der Waals surface area contributed by atoms with Gasteiger partial charge in [-0.3, -0.25) is 0 Å². The van der Waals surface area contributed by atoms with E-state index in [9.17, 15) is 9.59 Å². The third kappa shape index (κ3) is 2.80. The largest absolute Gasteiger partial charge is 0.465 e. The average molecular weight is 251 g/mol. The summed E-state index contributed by atoms with van der Waals surface area (Å²) in [5, 5.41) is 0. The van der Waals surface area contributed by atoms with Crippen LogP contribution >= 0.6 is 0 Å². The van der Waals surface area contributed by atoms with E-state index in [0.29, 0.717) is 16.8 Å². The zero-order chi connectivity index (χ0) is 13.9. The van der Waals surface area contributed by atoms with E-state index in [2.05, 4.69) is 16.3 Å². The van der Waals surface area contributed by atoms with Gasteiger partial charge in [-0.15, -0.1) is 0 Å². The van der Waals surface area contributed by atoms with Gasteiger partial charge in [0.25, 0.3) is 0 Å². The van der Waals surface area contributed by atoms with Crippen molar-refractivity contribution < 1.29 is 19.1 Å². The molecule has 0 saturated carbocycles. The van der Waals surface area contributed by atoms with E-state index in [1.54, 1.807) is 20.8 Å². The smallest absolute Gasteiger partial charge is 0.355 e. The number of esters is 2. The van der Waals surface area contributed by atoms with Gasteiger partial charge in [0.2, 0.25) is 0 Å². The topological polar surface area (TPSA) is 68.4 Å². The van der Waals surface area contributed by atoms with E-state index in [1.165, 1.54) is 7.11 Å². The third-order valence-electron chi connectivity index (χ3n) is 2.48. The van der Waals surface area contributed by atoms with Crippen LogP contribution in [-0.2, 0) is 9.47 Å². The maximum atomic E-state index is 11.8. The molecular weight excluding hydrogens is 234 g/mol. The van der Waals surface area contributed by atoms with Crippen molar-refractivity contribution in [2.45, 2.75) is 20.8 Å². The molecule has 1 N–H and O–H groups in total. The Kier molecular flexibility index (Phi) is 4.31. The normalized spacial score (nSPS) is 10.0. The Morgan fingerprint density at radius 2 is 1.89 bits per heavy atom. The molecule has 0 atom stereocenters. The first-order chi connectivity index (χ1) is 8.38.